The van der Waals surface area contributed by atoms with Crippen LogP contribution in [-0.4, -0.2) is 25.8 Å². The molecule has 0 heterocycles. The Labute approximate surface area is 125 Å². The van der Waals surface area contributed by atoms with Crippen LogP contribution in [-0.2, 0) is 9.47 Å². The number of ketones is 1. The Morgan fingerprint density at radius 2 is 1.71 bits per heavy atom. The van der Waals surface area contributed by atoms with Crippen molar-refractivity contribution in [3.8, 4) is 0 Å². The summed E-state index contributed by atoms with van der Waals surface area (Å²) in [5.41, 5.74) is 0.646. The van der Waals surface area contributed by atoms with Gasteiger partial charge in [0.1, 0.15) is 0 Å². The SMILES string of the molecule is CCCCC(OC)(OC)C(=O)c1cccc2ccccc12. The summed E-state index contributed by atoms with van der Waals surface area (Å²) < 4.78 is 11.0. The van der Waals surface area contributed by atoms with E-state index in [0.717, 1.165) is 23.6 Å². The maximum atomic E-state index is 13.0. The summed E-state index contributed by atoms with van der Waals surface area (Å²) in [5, 5.41) is 1.97. The molecular weight excluding hydrogens is 264 g/mol. The van der Waals surface area contributed by atoms with Crippen LogP contribution in [0.5, 0.6) is 0 Å². The van der Waals surface area contributed by atoms with E-state index in [1.54, 1.807) is 0 Å². The molecule has 0 saturated heterocycles. The molecule has 2 aromatic rings. The van der Waals surface area contributed by atoms with Crippen LogP contribution in [0, 0.1) is 0 Å². The Hall–Kier alpha value is -1.71. The Morgan fingerprint density at radius 3 is 2.38 bits per heavy atom. The zero-order valence-electron chi connectivity index (χ0n) is 12.9. The van der Waals surface area contributed by atoms with Gasteiger partial charge in [-0.05, 0) is 17.2 Å². The highest BCUT2D eigenvalue weighted by Crippen LogP contribution is 2.28. The van der Waals surface area contributed by atoms with Crippen molar-refractivity contribution in [1.29, 1.82) is 0 Å². The molecule has 0 unspecified atom stereocenters. The van der Waals surface area contributed by atoms with Gasteiger partial charge in [0.15, 0.2) is 0 Å². The molecule has 2 aromatic carbocycles. The first-order valence-electron chi connectivity index (χ1n) is 7.31. The lowest BCUT2D eigenvalue weighted by Gasteiger charge is -2.29. The van der Waals surface area contributed by atoms with E-state index in [2.05, 4.69) is 6.92 Å². The van der Waals surface area contributed by atoms with Gasteiger partial charge in [-0.15, -0.1) is 0 Å². The van der Waals surface area contributed by atoms with Crippen molar-refractivity contribution in [2.45, 2.75) is 32.0 Å². The minimum Gasteiger partial charge on any atom is -0.347 e. The Balaban J connectivity index is 2.48. The van der Waals surface area contributed by atoms with E-state index in [0.29, 0.717) is 12.0 Å². The summed E-state index contributed by atoms with van der Waals surface area (Å²) in [7, 11) is 3.06. The van der Waals surface area contributed by atoms with E-state index < -0.39 is 5.79 Å². The molecule has 2 rings (SSSR count). The van der Waals surface area contributed by atoms with Gasteiger partial charge in [-0.25, -0.2) is 0 Å². The van der Waals surface area contributed by atoms with Gasteiger partial charge in [0.25, 0.3) is 0 Å². The monoisotopic (exact) mass is 286 g/mol. The number of hydrogen-bond donors (Lipinski definition) is 0. The van der Waals surface area contributed by atoms with Gasteiger partial charge in [-0.2, -0.15) is 0 Å². The number of methoxy groups -OCH3 is 2. The van der Waals surface area contributed by atoms with Crippen LogP contribution < -0.4 is 0 Å². The lowest BCUT2D eigenvalue weighted by molar-refractivity contribution is -0.173. The molecule has 21 heavy (non-hydrogen) atoms. The smallest absolute Gasteiger partial charge is 0.233 e. The fourth-order valence-corrected chi connectivity index (χ4v) is 2.62. The van der Waals surface area contributed by atoms with E-state index in [1.165, 1.54) is 14.2 Å². The number of fused-ring (bicyclic) bond motifs is 1. The quantitative estimate of drug-likeness (QED) is 0.565. The zero-order chi connectivity index (χ0) is 15.3. The number of carbonyl (C=O) groups is 1. The molecule has 112 valence electrons. The van der Waals surface area contributed by atoms with Gasteiger partial charge in [-0.1, -0.05) is 55.8 Å². The summed E-state index contributed by atoms with van der Waals surface area (Å²) in [6, 6.07) is 13.6. The first-order valence-corrected chi connectivity index (χ1v) is 7.31. The fourth-order valence-electron chi connectivity index (χ4n) is 2.62. The zero-order valence-corrected chi connectivity index (χ0v) is 12.9. The van der Waals surface area contributed by atoms with Gasteiger partial charge in [0, 0.05) is 26.2 Å². The molecule has 0 N–H and O–H groups in total. The number of unbranched alkanes of at least 4 members (excludes halogenated alkanes) is 1. The Bertz CT molecular complexity index is 609. The fraction of sp³-hybridized carbons (Fsp3) is 0.389. The molecule has 0 aliphatic heterocycles. The van der Waals surface area contributed by atoms with Crippen LogP contribution in [0.4, 0.5) is 0 Å². The third kappa shape index (κ3) is 2.99. The summed E-state index contributed by atoms with van der Waals surface area (Å²) in [6.45, 7) is 2.08. The van der Waals surface area contributed by atoms with Crippen molar-refractivity contribution < 1.29 is 14.3 Å². The molecule has 0 fully saturated rings. The van der Waals surface area contributed by atoms with Crippen molar-refractivity contribution in [3.05, 3.63) is 48.0 Å². The number of rotatable bonds is 7. The molecule has 0 aliphatic rings. The van der Waals surface area contributed by atoms with Gasteiger partial charge < -0.3 is 9.47 Å². The summed E-state index contributed by atoms with van der Waals surface area (Å²) in [4.78, 5) is 13.0. The van der Waals surface area contributed by atoms with Gasteiger partial charge in [-0.3, -0.25) is 4.79 Å². The first-order chi connectivity index (χ1) is 10.2. The topological polar surface area (TPSA) is 35.5 Å². The summed E-state index contributed by atoms with van der Waals surface area (Å²) in [6.07, 6.45) is 2.41. The van der Waals surface area contributed by atoms with Crippen LogP contribution in [0.2, 0.25) is 0 Å². The highest BCUT2D eigenvalue weighted by atomic mass is 16.7. The summed E-state index contributed by atoms with van der Waals surface area (Å²) in [5.74, 6) is -1.31. The lowest BCUT2D eigenvalue weighted by atomic mass is 9.94. The van der Waals surface area contributed by atoms with Crippen LogP contribution in [0.25, 0.3) is 10.8 Å². The maximum Gasteiger partial charge on any atom is 0.233 e. The number of ether oxygens (including phenoxy) is 2. The van der Waals surface area contributed by atoms with Crippen molar-refractivity contribution in [3.63, 3.8) is 0 Å². The number of Topliss-reactive ketones (excluding diaryl/α,β-unsaturated/α-hetero) is 1. The molecular formula is C18H22O3. The van der Waals surface area contributed by atoms with E-state index in [1.807, 2.05) is 42.5 Å². The molecule has 0 amide bonds. The number of benzene rings is 2. The molecule has 0 radical (unpaired) electrons. The minimum atomic E-state index is -1.19. The lowest BCUT2D eigenvalue weighted by Crippen LogP contribution is -2.42. The first kappa shape index (κ1) is 15.7. The van der Waals surface area contributed by atoms with Crippen LogP contribution >= 0.6 is 0 Å². The molecule has 3 nitrogen and oxygen atoms in total. The molecule has 0 saturated carbocycles. The molecule has 3 heteroatoms. The third-order valence-corrected chi connectivity index (χ3v) is 3.90. The molecule has 0 aliphatic carbocycles. The molecule has 0 aromatic heterocycles. The average molecular weight is 286 g/mol. The highest BCUT2D eigenvalue weighted by molar-refractivity contribution is 6.11. The normalized spacial score (nSPS) is 11.8. The minimum absolute atomic E-state index is 0.113. The largest absolute Gasteiger partial charge is 0.347 e. The maximum absolute atomic E-state index is 13.0. The van der Waals surface area contributed by atoms with Crippen molar-refractivity contribution in [1.82, 2.24) is 0 Å². The Kier molecular flexibility index (Phi) is 5.10. The van der Waals surface area contributed by atoms with Gasteiger partial charge in [0.05, 0.1) is 0 Å². The molecule has 0 atom stereocenters. The van der Waals surface area contributed by atoms with Crippen molar-refractivity contribution >= 4 is 16.6 Å². The Morgan fingerprint density at radius 1 is 1.05 bits per heavy atom. The van der Waals surface area contributed by atoms with Gasteiger partial charge in [0.2, 0.25) is 11.6 Å². The average Bonchev–Trinajstić information content (AvgIpc) is 2.55. The van der Waals surface area contributed by atoms with E-state index in [4.69, 9.17) is 9.47 Å². The van der Waals surface area contributed by atoms with Crippen LogP contribution in [0.1, 0.15) is 36.5 Å². The van der Waals surface area contributed by atoms with Crippen LogP contribution in [0.3, 0.4) is 0 Å². The van der Waals surface area contributed by atoms with E-state index >= 15 is 0 Å². The van der Waals surface area contributed by atoms with Crippen molar-refractivity contribution in [2.75, 3.05) is 14.2 Å². The van der Waals surface area contributed by atoms with Crippen LogP contribution in [0.15, 0.2) is 42.5 Å². The second-order valence-electron chi connectivity index (χ2n) is 5.12. The standard InChI is InChI=1S/C18H22O3/c1-4-5-13-18(20-2,21-3)17(19)16-12-8-10-14-9-6-7-11-15(14)16/h6-12H,4-5,13H2,1-3H3. The second kappa shape index (κ2) is 6.83. The van der Waals surface area contributed by atoms with E-state index in [-0.39, 0.29) is 5.78 Å². The second-order valence-corrected chi connectivity index (χ2v) is 5.12. The predicted molar refractivity (Wildman–Crippen MR) is 84.6 cm³/mol. The van der Waals surface area contributed by atoms with Gasteiger partial charge >= 0.3 is 0 Å². The van der Waals surface area contributed by atoms with Crippen molar-refractivity contribution in [2.24, 2.45) is 0 Å². The number of hydrogen-bond acceptors (Lipinski definition) is 3. The molecule has 0 bridgehead atoms. The number of carbonyl (C=O) groups excluding carboxylic acids is 1. The van der Waals surface area contributed by atoms with E-state index in [9.17, 15) is 4.79 Å². The highest BCUT2D eigenvalue weighted by Gasteiger charge is 2.39. The molecule has 0 spiro atoms. The summed E-state index contributed by atoms with van der Waals surface area (Å²) >= 11 is 0. The predicted octanol–water partition coefficient (Wildman–Crippen LogP) is 4.20. The third-order valence-electron chi connectivity index (χ3n) is 3.90.